The number of nitrogens with one attached hydrogen (secondary N) is 1. The second-order valence-corrected chi connectivity index (χ2v) is 5.84. The number of hydrogen-bond donors (Lipinski definition) is 1. The molecule has 1 aliphatic heterocycles. The van der Waals surface area contributed by atoms with Crippen molar-refractivity contribution in [1.29, 1.82) is 0 Å². The molecule has 3 heteroatoms. The first kappa shape index (κ1) is 14.9. The molecule has 0 radical (unpaired) electrons. The Bertz CT molecular complexity index is 186. The van der Waals surface area contributed by atoms with Crippen molar-refractivity contribution >= 4 is 0 Å². The monoisotopic (exact) mass is 241 g/mol. The summed E-state index contributed by atoms with van der Waals surface area (Å²) in [5, 5.41) is 3.60. The Hall–Kier alpha value is -0.120. The summed E-state index contributed by atoms with van der Waals surface area (Å²) in [5.41, 5.74) is 0. The molecule has 0 aromatic heterocycles. The van der Waals surface area contributed by atoms with E-state index in [0.29, 0.717) is 6.04 Å². The average Bonchev–Trinajstić information content (AvgIpc) is 2.30. The van der Waals surface area contributed by atoms with Gasteiger partial charge in [0.1, 0.15) is 0 Å². The fourth-order valence-electron chi connectivity index (χ4n) is 2.10. The first-order chi connectivity index (χ1) is 8.09. The number of likely N-dealkylation sites (N-methyl/N-ethyl adjacent to an activating group) is 1. The lowest BCUT2D eigenvalue weighted by atomic mass is 10.1. The molecule has 1 aliphatic rings. The molecule has 1 atom stereocenters. The summed E-state index contributed by atoms with van der Waals surface area (Å²) in [5.74, 6) is 0.743. The summed E-state index contributed by atoms with van der Waals surface area (Å²) in [4.78, 5) is 5.02. The lowest BCUT2D eigenvalue weighted by Gasteiger charge is -2.32. The van der Waals surface area contributed by atoms with E-state index in [9.17, 15) is 0 Å². The zero-order chi connectivity index (χ0) is 12.7. The standard InChI is InChI=1S/C14H31N3/c1-13(2)14(3)15-7-5-6-8-17-11-9-16(4)10-12-17/h13-15H,5-12H2,1-4H3. The van der Waals surface area contributed by atoms with E-state index in [4.69, 9.17) is 0 Å². The molecular formula is C14H31N3. The molecule has 17 heavy (non-hydrogen) atoms. The van der Waals surface area contributed by atoms with Gasteiger partial charge in [-0.05, 0) is 45.8 Å². The SMILES string of the molecule is CC(C)C(C)NCCCCN1CCN(C)CC1. The van der Waals surface area contributed by atoms with Crippen molar-refractivity contribution < 1.29 is 0 Å². The van der Waals surface area contributed by atoms with Crippen LogP contribution in [-0.2, 0) is 0 Å². The molecule has 0 bridgehead atoms. The minimum absolute atomic E-state index is 0.652. The maximum atomic E-state index is 3.60. The smallest absolute Gasteiger partial charge is 0.0110 e. The Morgan fingerprint density at radius 3 is 2.24 bits per heavy atom. The largest absolute Gasteiger partial charge is 0.314 e. The van der Waals surface area contributed by atoms with Crippen LogP contribution < -0.4 is 5.32 Å². The summed E-state index contributed by atoms with van der Waals surface area (Å²) in [6.07, 6.45) is 2.64. The summed E-state index contributed by atoms with van der Waals surface area (Å²) in [6.45, 7) is 14.3. The maximum Gasteiger partial charge on any atom is 0.0110 e. The topological polar surface area (TPSA) is 18.5 Å². The normalized spacial score (nSPS) is 21.0. The van der Waals surface area contributed by atoms with Crippen LogP contribution in [0, 0.1) is 5.92 Å². The molecule has 1 unspecified atom stereocenters. The highest BCUT2D eigenvalue weighted by Gasteiger charge is 2.12. The first-order valence-electron chi connectivity index (χ1n) is 7.24. The maximum absolute atomic E-state index is 3.60. The summed E-state index contributed by atoms with van der Waals surface area (Å²) < 4.78 is 0. The van der Waals surface area contributed by atoms with Gasteiger partial charge in [0.15, 0.2) is 0 Å². The van der Waals surface area contributed by atoms with E-state index in [0.717, 1.165) is 5.92 Å². The van der Waals surface area contributed by atoms with Crippen molar-refractivity contribution in [2.45, 2.75) is 39.7 Å². The van der Waals surface area contributed by atoms with E-state index in [-0.39, 0.29) is 0 Å². The van der Waals surface area contributed by atoms with Crippen molar-refractivity contribution in [3.05, 3.63) is 0 Å². The fourth-order valence-corrected chi connectivity index (χ4v) is 2.10. The van der Waals surface area contributed by atoms with E-state index in [1.165, 1.54) is 52.1 Å². The van der Waals surface area contributed by atoms with E-state index < -0.39 is 0 Å². The Kier molecular flexibility index (Phi) is 7.09. The molecule has 1 N–H and O–H groups in total. The van der Waals surface area contributed by atoms with Crippen molar-refractivity contribution in [2.24, 2.45) is 5.92 Å². The number of nitrogens with zero attached hydrogens (tertiary/aromatic N) is 2. The average molecular weight is 241 g/mol. The van der Waals surface area contributed by atoms with Gasteiger partial charge >= 0.3 is 0 Å². The molecule has 0 amide bonds. The fraction of sp³-hybridized carbons (Fsp3) is 1.00. The van der Waals surface area contributed by atoms with Crippen LogP contribution >= 0.6 is 0 Å². The van der Waals surface area contributed by atoms with Crippen LogP contribution in [0.2, 0.25) is 0 Å². The van der Waals surface area contributed by atoms with Gasteiger partial charge in [0, 0.05) is 32.2 Å². The van der Waals surface area contributed by atoms with Crippen LogP contribution in [-0.4, -0.2) is 62.2 Å². The van der Waals surface area contributed by atoms with Crippen molar-refractivity contribution in [1.82, 2.24) is 15.1 Å². The molecule has 1 rings (SSSR count). The molecule has 0 aliphatic carbocycles. The number of piperazine rings is 1. The van der Waals surface area contributed by atoms with Crippen LogP contribution in [0.25, 0.3) is 0 Å². The highest BCUT2D eigenvalue weighted by atomic mass is 15.2. The number of hydrogen-bond acceptors (Lipinski definition) is 3. The van der Waals surface area contributed by atoms with Crippen molar-refractivity contribution in [3.63, 3.8) is 0 Å². The van der Waals surface area contributed by atoms with E-state index in [1.807, 2.05) is 0 Å². The lowest BCUT2D eigenvalue weighted by Crippen LogP contribution is -2.44. The van der Waals surface area contributed by atoms with Gasteiger partial charge in [-0.2, -0.15) is 0 Å². The van der Waals surface area contributed by atoms with Crippen LogP contribution in [0.15, 0.2) is 0 Å². The Morgan fingerprint density at radius 2 is 1.65 bits per heavy atom. The second kappa shape index (κ2) is 8.06. The molecule has 0 aromatic rings. The van der Waals surface area contributed by atoms with Gasteiger partial charge in [-0.25, -0.2) is 0 Å². The Balaban J connectivity index is 1.94. The van der Waals surface area contributed by atoms with Crippen LogP contribution in [0.3, 0.4) is 0 Å². The van der Waals surface area contributed by atoms with Crippen molar-refractivity contribution in [2.75, 3.05) is 46.3 Å². The van der Waals surface area contributed by atoms with Gasteiger partial charge in [-0.3, -0.25) is 0 Å². The molecule has 1 fully saturated rings. The molecule has 1 saturated heterocycles. The highest BCUT2D eigenvalue weighted by molar-refractivity contribution is 4.69. The zero-order valence-corrected chi connectivity index (χ0v) is 12.2. The lowest BCUT2D eigenvalue weighted by molar-refractivity contribution is 0.152. The summed E-state index contributed by atoms with van der Waals surface area (Å²) >= 11 is 0. The van der Waals surface area contributed by atoms with Gasteiger partial charge in [0.2, 0.25) is 0 Å². The van der Waals surface area contributed by atoms with Gasteiger partial charge in [-0.1, -0.05) is 13.8 Å². The zero-order valence-electron chi connectivity index (χ0n) is 12.2. The van der Waals surface area contributed by atoms with Gasteiger partial charge in [-0.15, -0.1) is 0 Å². The quantitative estimate of drug-likeness (QED) is 0.684. The van der Waals surface area contributed by atoms with Crippen LogP contribution in [0.4, 0.5) is 0 Å². The molecule has 0 spiro atoms. The summed E-state index contributed by atoms with van der Waals surface area (Å²) in [6, 6.07) is 0.652. The van der Waals surface area contributed by atoms with E-state index in [2.05, 4.69) is 42.9 Å². The molecular weight excluding hydrogens is 210 g/mol. The Morgan fingerprint density at radius 1 is 1.00 bits per heavy atom. The molecule has 0 saturated carbocycles. The minimum atomic E-state index is 0.652. The third kappa shape index (κ3) is 6.39. The van der Waals surface area contributed by atoms with Gasteiger partial charge in [0.05, 0.1) is 0 Å². The van der Waals surface area contributed by atoms with Crippen LogP contribution in [0.5, 0.6) is 0 Å². The van der Waals surface area contributed by atoms with Gasteiger partial charge < -0.3 is 15.1 Å². The highest BCUT2D eigenvalue weighted by Crippen LogP contribution is 2.03. The molecule has 1 heterocycles. The third-order valence-electron chi connectivity index (χ3n) is 3.96. The minimum Gasteiger partial charge on any atom is -0.314 e. The van der Waals surface area contributed by atoms with E-state index in [1.54, 1.807) is 0 Å². The summed E-state index contributed by atoms with van der Waals surface area (Å²) in [7, 11) is 2.22. The predicted octanol–water partition coefficient (Wildman–Crippen LogP) is 1.65. The first-order valence-corrected chi connectivity index (χ1v) is 7.24. The molecule has 102 valence electrons. The third-order valence-corrected chi connectivity index (χ3v) is 3.96. The van der Waals surface area contributed by atoms with Gasteiger partial charge in [0.25, 0.3) is 0 Å². The van der Waals surface area contributed by atoms with Crippen molar-refractivity contribution in [3.8, 4) is 0 Å². The molecule has 0 aromatic carbocycles. The predicted molar refractivity (Wildman–Crippen MR) is 75.5 cm³/mol. The van der Waals surface area contributed by atoms with E-state index >= 15 is 0 Å². The Labute approximate surface area is 108 Å². The molecule has 3 nitrogen and oxygen atoms in total. The van der Waals surface area contributed by atoms with Crippen LogP contribution in [0.1, 0.15) is 33.6 Å². The number of unbranched alkanes of at least 4 members (excludes halogenated alkanes) is 1. The second-order valence-electron chi connectivity index (χ2n) is 5.84. The number of rotatable bonds is 7.